The number of carbonyl (C=O) groups is 2. The summed E-state index contributed by atoms with van der Waals surface area (Å²) in [5.41, 5.74) is 0. The lowest BCUT2D eigenvalue weighted by molar-refractivity contribution is -0.124. The standard InChI is InChI=1S/C5H10O.C4H8O2/c1-4(2)5(3)6;1-3(5)4(2)6/h4H,1-3H3;3,5H,1-2H3/t;3-/m.0/s1. The van der Waals surface area contributed by atoms with Crippen molar-refractivity contribution in [2.75, 3.05) is 0 Å². The van der Waals surface area contributed by atoms with Gasteiger partial charge in [-0.3, -0.25) is 9.59 Å². The van der Waals surface area contributed by atoms with Crippen LogP contribution >= 0.6 is 0 Å². The van der Waals surface area contributed by atoms with Crippen molar-refractivity contribution in [2.24, 2.45) is 5.92 Å². The van der Waals surface area contributed by atoms with E-state index in [2.05, 4.69) is 0 Å². The molecule has 0 bridgehead atoms. The number of rotatable bonds is 2. The monoisotopic (exact) mass is 174 g/mol. The number of aliphatic hydroxyl groups excluding tert-OH is 1. The fourth-order valence-electron chi connectivity index (χ4n) is 0. The maximum Gasteiger partial charge on any atom is 0.157 e. The molecule has 0 aliphatic carbocycles. The second-order valence-electron chi connectivity index (χ2n) is 3.05. The second-order valence-corrected chi connectivity index (χ2v) is 3.05. The molecule has 0 saturated heterocycles. The summed E-state index contributed by atoms with van der Waals surface area (Å²) in [7, 11) is 0. The molecule has 0 aliphatic rings. The summed E-state index contributed by atoms with van der Waals surface area (Å²) < 4.78 is 0. The molecule has 0 unspecified atom stereocenters. The van der Waals surface area contributed by atoms with Gasteiger partial charge in [-0.2, -0.15) is 0 Å². The van der Waals surface area contributed by atoms with E-state index in [9.17, 15) is 9.59 Å². The van der Waals surface area contributed by atoms with Crippen LogP contribution in [0, 0.1) is 5.92 Å². The van der Waals surface area contributed by atoms with Crippen LogP contribution in [-0.4, -0.2) is 22.8 Å². The lowest BCUT2D eigenvalue weighted by atomic mass is 10.1. The van der Waals surface area contributed by atoms with Crippen molar-refractivity contribution < 1.29 is 14.7 Å². The molecule has 0 aliphatic heterocycles. The first-order valence-corrected chi connectivity index (χ1v) is 3.98. The summed E-state index contributed by atoms with van der Waals surface area (Å²) in [5, 5.41) is 8.28. The van der Waals surface area contributed by atoms with E-state index >= 15 is 0 Å². The highest BCUT2D eigenvalue weighted by Crippen LogP contribution is 1.89. The van der Waals surface area contributed by atoms with E-state index in [1.54, 1.807) is 6.92 Å². The Balaban J connectivity index is 0. The largest absolute Gasteiger partial charge is 0.386 e. The van der Waals surface area contributed by atoms with Gasteiger partial charge in [-0.25, -0.2) is 0 Å². The van der Waals surface area contributed by atoms with Crippen molar-refractivity contribution >= 4 is 11.6 Å². The first kappa shape index (κ1) is 13.9. The molecule has 3 heteroatoms. The number of carbonyl (C=O) groups excluding carboxylic acids is 2. The average molecular weight is 174 g/mol. The maximum atomic E-state index is 10.1. The van der Waals surface area contributed by atoms with E-state index in [1.165, 1.54) is 13.8 Å². The summed E-state index contributed by atoms with van der Waals surface area (Å²) in [6, 6.07) is 0. The van der Waals surface area contributed by atoms with Crippen molar-refractivity contribution in [3.05, 3.63) is 0 Å². The highest BCUT2D eigenvalue weighted by molar-refractivity contribution is 5.79. The minimum absolute atomic E-state index is 0.185. The number of Topliss-reactive ketones (excluding diaryl/α,β-unsaturated/α-hetero) is 2. The van der Waals surface area contributed by atoms with Gasteiger partial charge < -0.3 is 5.11 Å². The fourth-order valence-corrected chi connectivity index (χ4v) is 0. The van der Waals surface area contributed by atoms with Gasteiger partial charge in [0.15, 0.2) is 5.78 Å². The number of hydrogen-bond acceptors (Lipinski definition) is 3. The molecule has 12 heavy (non-hydrogen) atoms. The summed E-state index contributed by atoms with van der Waals surface area (Å²) in [5.74, 6) is 0.287. The zero-order chi connectivity index (χ0) is 10.3. The van der Waals surface area contributed by atoms with Crippen molar-refractivity contribution in [3.63, 3.8) is 0 Å². The molecule has 0 spiro atoms. The zero-order valence-electron chi connectivity index (χ0n) is 8.42. The Morgan fingerprint density at radius 3 is 1.17 bits per heavy atom. The summed E-state index contributed by atoms with van der Waals surface area (Å²) in [6.07, 6.45) is -0.787. The predicted molar refractivity (Wildman–Crippen MR) is 47.9 cm³/mol. The number of aliphatic hydroxyl groups is 1. The minimum atomic E-state index is -0.787. The molecule has 0 fully saturated rings. The molecule has 1 N–H and O–H groups in total. The molecule has 0 radical (unpaired) electrons. The zero-order valence-corrected chi connectivity index (χ0v) is 8.42. The molecule has 3 nitrogen and oxygen atoms in total. The van der Waals surface area contributed by atoms with Crippen LogP contribution in [0.3, 0.4) is 0 Å². The third-order valence-electron chi connectivity index (χ3n) is 1.40. The molecule has 0 saturated carbocycles. The SMILES string of the molecule is CC(=O)C(C)C.CC(=O)[C@H](C)O. The van der Waals surface area contributed by atoms with E-state index in [0.29, 0.717) is 0 Å². The molecular formula is C9H18O3. The predicted octanol–water partition coefficient (Wildman–Crippen LogP) is 1.19. The van der Waals surface area contributed by atoms with Gasteiger partial charge in [0.25, 0.3) is 0 Å². The van der Waals surface area contributed by atoms with Crippen LogP contribution in [0.15, 0.2) is 0 Å². The molecule has 1 atom stereocenters. The average Bonchev–Trinajstić information content (AvgIpc) is 1.88. The molecule has 0 heterocycles. The van der Waals surface area contributed by atoms with Crippen LogP contribution in [0.1, 0.15) is 34.6 Å². The first-order chi connectivity index (χ1) is 5.29. The van der Waals surface area contributed by atoms with Gasteiger partial charge in [-0.15, -0.1) is 0 Å². The Bertz CT molecular complexity index is 130. The van der Waals surface area contributed by atoms with Crippen molar-refractivity contribution in [1.82, 2.24) is 0 Å². The molecule has 0 rings (SSSR count). The van der Waals surface area contributed by atoms with Crippen LogP contribution in [0.4, 0.5) is 0 Å². The van der Waals surface area contributed by atoms with Crippen LogP contribution < -0.4 is 0 Å². The van der Waals surface area contributed by atoms with Crippen LogP contribution in [0.5, 0.6) is 0 Å². The third-order valence-corrected chi connectivity index (χ3v) is 1.40. The van der Waals surface area contributed by atoms with Gasteiger partial charge in [0.05, 0.1) is 0 Å². The third kappa shape index (κ3) is 12.0. The molecule has 0 aromatic carbocycles. The molecule has 0 aromatic heterocycles. The Morgan fingerprint density at radius 1 is 1.00 bits per heavy atom. The smallest absolute Gasteiger partial charge is 0.157 e. The Morgan fingerprint density at radius 2 is 1.17 bits per heavy atom. The highest BCUT2D eigenvalue weighted by atomic mass is 16.3. The normalized spacial score (nSPS) is 11.6. The van der Waals surface area contributed by atoms with Crippen LogP contribution in [0.2, 0.25) is 0 Å². The van der Waals surface area contributed by atoms with E-state index in [0.717, 1.165) is 0 Å². The quantitative estimate of drug-likeness (QED) is 0.684. The van der Waals surface area contributed by atoms with E-state index in [-0.39, 0.29) is 17.5 Å². The lowest BCUT2D eigenvalue weighted by Crippen LogP contribution is -2.10. The molecule has 0 amide bonds. The van der Waals surface area contributed by atoms with Crippen molar-refractivity contribution in [1.29, 1.82) is 0 Å². The van der Waals surface area contributed by atoms with Gasteiger partial charge in [0.1, 0.15) is 11.9 Å². The van der Waals surface area contributed by atoms with Crippen LogP contribution in [-0.2, 0) is 9.59 Å². The van der Waals surface area contributed by atoms with E-state index in [1.807, 2.05) is 13.8 Å². The number of hydrogen-bond donors (Lipinski definition) is 1. The molecule has 0 aromatic rings. The summed E-state index contributed by atoms with van der Waals surface area (Å²) >= 11 is 0. The van der Waals surface area contributed by atoms with Gasteiger partial charge in [-0.1, -0.05) is 13.8 Å². The van der Waals surface area contributed by atoms with E-state index in [4.69, 9.17) is 5.11 Å². The second kappa shape index (κ2) is 6.98. The first-order valence-electron chi connectivity index (χ1n) is 3.98. The fraction of sp³-hybridized carbons (Fsp3) is 0.778. The highest BCUT2D eigenvalue weighted by Gasteiger charge is 1.97. The Labute approximate surface area is 73.8 Å². The van der Waals surface area contributed by atoms with E-state index < -0.39 is 6.10 Å². The molecular weight excluding hydrogens is 156 g/mol. The number of ketones is 2. The lowest BCUT2D eigenvalue weighted by Gasteiger charge is -1.90. The maximum absolute atomic E-state index is 10.1. The summed E-state index contributed by atoms with van der Waals surface area (Å²) in [6.45, 7) is 8.18. The van der Waals surface area contributed by atoms with Gasteiger partial charge in [0.2, 0.25) is 0 Å². The van der Waals surface area contributed by atoms with Crippen molar-refractivity contribution in [3.8, 4) is 0 Å². The minimum Gasteiger partial charge on any atom is -0.386 e. The summed E-state index contributed by atoms with van der Waals surface area (Å²) in [4.78, 5) is 20.0. The Kier molecular flexibility index (Phi) is 8.06. The molecule has 72 valence electrons. The Hall–Kier alpha value is -0.700. The van der Waals surface area contributed by atoms with Gasteiger partial charge in [-0.05, 0) is 20.8 Å². The van der Waals surface area contributed by atoms with Crippen molar-refractivity contribution in [2.45, 2.75) is 40.7 Å². The van der Waals surface area contributed by atoms with Crippen LogP contribution in [0.25, 0.3) is 0 Å². The van der Waals surface area contributed by atoms with Gasteiger partial charge >= 0.3 is 0 Å². The topological polar surface area (TPSA) is 54.4 Å². The van der Waals surface area contributed by atoms with Gasteiger partial charge in [0, 0.05) is 5.92 Å².